The average Bonchev–Trinajstić information content (AvgIpc) is 3.81. The van der Waals surface area contributed by atoms with Gasteiger partial charge in [-0.2, -0.15) is 0 Å². The standard InChI is InChI=1S/C24H26F2N10O8P2S2.2H3N/c25-13-17-11-5-39-46(38,48)44-18-12(6-40-45(37,47)43-17)42-24(14(18)26)36-10-34-16-20(30-8-32-22(16)36)28-4-2-1-3-27-19-15-21(31-7-29-19)35(9-33-15)23(13)41-11;;/h1-2,7-14,17-18,23-24H,3-6H2,(H,37,47)(H,38,48)(H,27,29,31)(H,28,30,32);2*1H3/t11-,12-,13+,14+,17-,18+,23+,24?,45?,46?;;/m1../s1. The molecule has 3 unspecified atom stereocenters. The van der Waals surface area contributed by atoms with Gasteiger partial charge in [0.05, 0.1) is 25.9 Å². The quantitative estimate of drug-likeness (QED) is 0.0850. The number of imidazole rings is 2. The molecule has 0 aromatic carbocycles. The first-order valence-corrected chi connectivity index (χ1v) is 19.8. The highest BCUT2D eigenvalue weighted by molar-refractivity contribution is 8.44. The van der Waals surface area contributed by atoms with Crippen LogP contribution in [0.15, 0.2) is 37.5 Å². The average molecular weight is 781 g/mol. The molecule has 50 heavy (non-hydrogen) atoms. The van der Waals surface area contributed by atoms with Crippen LogP contribution >= 0.6 is 25.8 Å². The number of hydrogen-bond acceptors (Lipinski definition) is 18. The Balaban J connectivity index is 0.00000216. The van der Waals surface area contributed by atoms with Gasteiger partial charge in [0, 0.05) is 13.1 Å². The van der Waals surface area contributed by atoms with Crippen molar-refractivity contribution in [2.24, 2.45) is 0 Å². The third kappa shape index (κ3) is 6.76. The molecule has 9 rings (SSSR count). The van der Waals surface area contributed by atoms with E-state index in [1.165, 1.54) is 34.4 Å². The third-order valence-electron chi connectivity index (χ3n) is 8.05. The topological polar surface area (TPSA) is 274 Å². The number of aromatic nitrogens is 8. The lowest BCUT2D eigenvalue weighted by molar-refractivity contribution is -0.0564. The van der Waals surface area contributed by atoms with Gasteiger partial charge in [0.1, 0.15) is 37.1 Å². The van der Waals surface area contributed by atoms with Gasteiger partial charge in [0.2, 0.25) is 0 Å². The number of ether oxygens (including phenoxy) is 2. The number of halogens is 2. The van der Waals surface area contributed by atoms with E-state index in [4.69, 9.17) is 39.4 Å². The molecule has 5 aliphatic rings. The fraction of sp³-hybridized carbons (Fsp3) is 0.500. The normalized spacial score (nSPS) is 35.8. The molecule has 10 atom stereocenters. The largest absolute Gasteiger partial charge is 0.386 e. The van der Waals surface area contributed by atoms with E-state index >= 15 is 8.78 Å². The van der Waals surface area contributed by atoms with Gasteiger partial charge in [-0.1, -0.05) is 24.4 Å². The van der Waals surface area contributed by atoms with Crippen molar-refractivity contribution in [1.29, 1.82) is 0 Å². The predicted molar refractivity (Wildman–Crippen MR) is 179 cm³/mol. The first-order valence-electron chi connectivity index (χ1n) is 14.5. The molecule has 9 heterocycles. The van der Waals surface area contributed by atoms with Crippen molar-refractivity contribution < 1.29 is 45.8 Å². The summed E-state index contributed by atoms with van der Waals surface area (Å²) in [6, 6.07) is 0. The van der Waals surface area contributed by atoms with Crippen LogP contribution in [0.2, 0.25) is 0 Å². The second-order valence-corrected chi connectivity index (χ2v) is 16.7. The highest BCUT2D eigenvalue weighted by atomic mass is 32.7. The lowest BCUT2D eigenvalue weighted by Crippen LogP contribution is -2.37. The van der Waals surface area contributed by atoms with Crippen molar-refractivity contribution in [2.45, 2.75) is 49.2 Å². The fourth-order valence-electron chi connectivity index (χ4n) is 5.87. The monoisotopic (exact) mass is 780 g/mol. The van der Waals surface area contributed by atoms with E-state index in [9.17, 15) is 9.46 Å². The van der Waals surface area contributed by atoms with Crippen molar-refractivity contribution in [3.05, 3.63) is 37.5 Å². The molecular formula is C24H32F2N12O8P2S2. The van der Waals surface area contributed by atoms with E-state index in [0.717, 1.165) is 0 Å². The Morgan fingerprint density at radius 3 is 1.80 bits per heavy atom. The summed E-state index contributed by atoms with van der Waals surface area (Å²) in [5.74, 6) is 0.753. The minimum atomic E-state index is -4.38. The van der Waals surface area contributed by atoms with Gasteiger partial charge in [0.15, 0.2) is 58.8 Å². The SMILES string of the molecule is N.N.O=P1(S)OC[C@H]2OC3[C@@H](F)[C@H]2OP(O)(=S)OC[C@H]2O[C@@H]([C@@H](F)[C@@H]2O1)n1cnc2c(ncnc21)NCC=CCNc1ncnc2c1ncn23. The van der Waals surface area contributed by atoms with E-state index in [0.29, 0.717) is 35.8 Å². The molecule has 14 bridgehead atoms. The highest BCUT2D eigenvalue weighted by Gasteiger charge is 2.54. The van der Waals surface area contributed by atoms with Crippen molar-refractivity contribution in [3.63, 3.8) is 0 Å². The van der Waals surface area contributed by atoms with Crippen LogP contribution in [-0.2, 0) is 43.9 Å². The zero-order chi connectivity index (χ0) is 33.2. The Morgan fingerprint density at radius 1 is 0.800 bits per heavy atom. The number of rotatable bonds is 0. The summed E-state index contributed by atoms with van der Waals surface area (Å²) in [7, 11) is 0. The molecule has 5 aliphatic heterocycles. The van der Waals surface area contributed by atoms with Gasteiger partial charge < -0.3 is 41.8 Å². The second kappa shape index (κ2) is 14.3. The molecule has 26 heteroatoms. The number of nitrogens with zero attached hydrogens (tertiary/aromatic N) is 8. The van der Waals surface area contributed by atoms with Crippen LogP contribution < -0.4 is 22.9 Å². The molecule has 0 saturated carbocycles. The molecule has 3 saturated heterocycles. The van der Waals surface area contributed by atoms with Crippen molar-refractivity contribution in [3.8, 4) is 0 Å². The van der Waals surface area contributed by atoms with Crippen LogP contribution in [0.1, 0.15) is 12.5 Å². The van der Waals surface area contributed by atoms with Crippen LogP contribution in [0.5, 0.6) is 0 Å². The Labute approximate surface area is 291 Å². The lowest BCUT2D eigenvalue weighted by Gasteiger charge is -2.29. The molecular weight excluding hydrogens is 748 g/mol. The number of fused-ring (bicyclic) bond motifs is 10. The van der Waals surface area contributed by atoms with Gasteiger partial charge in [-0.25, -0.2) is 43.2 Å². The minimum Gasteiger partial charge on any atom is -0.365 e. The van der Waals surface area contributed by atoms with Crippen molar-refractivity contribution in [2.75, 3.05) is 36.9 Å². The zero-order valence-electron chi connectivity index (χ0n) is 25.7. The van der Waals surface area contributed by atoms with Crippen LogP contribution in [0.3, 0.4) is 0 Å². The van der Waals surface area contributed by atoms with E-state index in [2.05, 4.69) is 52.8 Å². The summed E-state index contributed by atoms with van der Waals surface area (Å²) in [6.45, 7) is -9.13. The summed E-state index contributed by atoms with van der Waals surface area (Å²) in [5.41, 5.74) is 1.09. The van der Waals surface area contributed by atoms with Gasteiger partial charge in [0.25, 0.3) is 0 Å². The lowest BCUT2D eigenvalue weighted by atomic mass is 10.1. The summed E-state index contributed by atoms with van der Waals surface area (Å²) >= 11 is 9.28. The van der Waals surface area contributed by atoms with E-state index in [1.54, 1.807) is 0 Å². The fourth-order valence-corrected chi connectivity index (χ4v) is 8.79. The maximum Gasteiger partial charge on any atom is 0.386 e. The van der Waals surface area contributed by atoms with Crippen LogP contribution in [0.25, 0.3) is 22.3 Å². The second-order valence-electron chi connectivity index (χ2n) is 11.0. The van der Waals surface area contributed by atoms with E-state index in [-0.39, 0.29) is 23.6 Å². The van der Waals surface area contributed by atoms with Crippen molar-refractivity contribution >= 4 is 71.5 Å². The molecule has 3 fully saturated rings. The smallest absolute Gasteiger partial charge is 0.365 e. The maximum absolute atomic E-state index is 16.2. The van der Waals surface area contributed by atoms with Gasteiger partial charge in [-0.3, -0.25) is 22.7 Å². The Kier molecular flexibility index (Phi) is 10.6. The Hall–Kier alpha value is -2.83. The molecule has 4 aromatic heterocycles. The van der Waals surface area contributed by atoms with Crippen LogP contribution in [0.4, 0.5) is 20.4 Å². The molecule has 0 radical (unpaired) electrons. The molecule has 0 aliphatic carbocycles. The molecule has 272 valence electrons. The predicted octanol–water partition coefficient (Wildman–Crippen LogP) is 2.93. The first-order chi connectivity index (χ1) is 23.1. The zero-order valence-corrected chi connectivity index (χ0v) is 29.2. The van der Waals surface area contributed by atoms with Crippen LogP contribution in [-0.4, -0.2) is 107 Å². The van der Waals surface area contributed by atoms with Gasteiger partial charge in [-0.15, -0.1) is 0 Å². The molecule has 9 N–H and O–H groups in total. The molecule has 20 nitrogen and oxygen atoms in total. The summed E-state index contributed by atoms with van der Waals surface area (Å²) in [6.07, 6.45) is -3.72. The highest BCUT2D eigenvalue weighted by Crippen LogP contribution is 2.58. The molecule has 4 aromatic rings. The Bertz CT molecular complexity index is 1860. The van der Waals surface area contributed by atoms with Crippen molar-refractivity contribution in [1.82, 2.24) is 51.3 Å². The third-order valence-corrected chi connectivity index (χ3v) is 11.2. The summed E-state index contributed by atoms with van der Waals surface area (Å²) in [5, 5.41) is 6.30. The summed E-state index contributed by atoms with van der Waals surface area (Å²) < 4.78 is 82.8. The minimum absolute atomic E-state index is 0. The van der Waals surface area contributed by atoms with Gasteiger partial charge in [-0.05, 0) is 11.8 Å². The number of anilines is 2. The number of hydrogen-bond donors (Lipinski definition) is 6. The number of alkyl halides is 2. The number of nitrogens with one attached hydrogen (secondary N) is 2. The Morgan fingerprint density at radius 2 is 1.28 bits per heavy atom. The number of thiol groups is 1. The maximum atomic E-state index is 16.2. The summed E-state index contributed by atoms with van der Waals surface area (Å²) in [4.78, 5) is 36.8. The van der Waals surface area contributed by atoms with Gasteiger partial charge >= 0.3 is 13.5 Å². The van der Waals surface area contributed by atoms with E-state index < -0.39 is 75.9 Å². The molecule has 0 spiro atoms. The van der Waals surface area contributed by atoms with Crippen LogP contribution in [0, 0.1) is 0 Å². The van der Waals surface area contributed by atoms with E-state index in [1.807, 2.05) is 12.2 Å². The molecule has 0 amide bonds. The first kappa shape index (κ1) is 36.9.